The van der Waals surface area contributed by atoms with Gasteiger partial charge in [-0.15, -0.1) is 0 Å². The van der Waals surface area contributed by atoms with Crippen LogP contribution in [0.5, 0.6) is 0 Å². The molecule has 2 aromatic rings. The smallest absolute Gasteiger partial charge is 0.134 e. The predicted molar refractivity (Wildman–Crippen MR) is 71.2 cm³/mol. The van der Waals surface area contributed by atoms with E-state index >= 15 is 0 Å². The van der Waals surface area contributed by atoms with Crippen molar-refractivity contribution in [2.75, 3.05) is 6.61 Å². The van der Waals surface area contributed by atoms with Gasteiger partial charge in [-0.05, 0) is 25.0 Å². The zero-order valence-electron chi connectivity index (χ0n) is 11.0. The van der Waals surface area contributed by atoms with Crippen molar-refractivity contribution < 1.29 is 5.11 Å². The summed E-state index contributed by atoms with van der Waals surface area (Å²) in [5.74, 6) is 1.03. The summed E-state index contributed by atoms with van der Waals surface area (Å²) in [6.07, 6.45) is 3.79. The molecule has 0 fully saturated rings. The second-order valence-electron chi connectivity index (χ2n) is 4.89. The van der Waals surface area contributed by atoms with Crippen molar-refractivity contribution in [3.8, 4) is 11.3 Å². The van der Waals surface area contributed by atoms with Crippen LogP contribution in [-0.2, 0) is 0 Å². The molecule has 0 saturated heterocycles. The summed E-state index contributed by atoms with van der Waals surface area (Å²) in [6.45, 7) is 6.18. The van der Waals surface area contributed by atoms with Crippen LogP contribution in [-0.4, -0.2) is 26.7 Å². The molecule has 0 aliphatic heterocycles. The molecule has 1 atom stereocenters. The number of nitrogens with zero attached hydrogens (tertiary/aromatic N) is 2. The molecular weight excluding hydrogens is 226 g/mol. The fourth-order valence-corrected chi connectivity index (χ4v) is 1.98. The normalized spacial score (nSPS) is 12.9. The number of aromatic amines is 1. The second-order valence-corrected chi connectivity index (χ2v) is 4.89. The highest BCUT2D eigenvalue weighted by Gasteiger charge is 2.19. The fraction of sp³-hybridized carbons (Fsp3) is 0.429. The van der Waals surface area contributed by atoms with Crippen LogP contribution in [0, 0.1) is 12.8 Å². The lowest BCUT2D eigenvalue weighted by Crippen LogP contribution is -2.15. The van der Waals surface area contributed by atoms with Crippen LogP contribution in [0.25, 0.3) is 11.3 Å². The number of aliphatic hydroxyl groups is 1. The lowest BCUT2D eigenvalue weighted by molar-refractivity contribution is 0.231. The summed E-state index contributed by atoms with van der Waals surface area (Å²) < 4.78 is 0. The van der Waals surface area contributed by atoms with Gasteiger partial charge in [0.1, 0.15) is 5.82 Å². The minimum atomic E-state index is -0.0115. The van der Waals surface area contributed by atoms with Crippen LogP contribution >= 0.6 is 0 Å². The third kappa shape index (κ3) is 2.59. The fourth-order valence-electron chi connectivity index (χ4n) is 1.98. The molecule has 0 spiro atoms. The highest BCUT2D eigenvalue weighted by atomic mass is 16.3. The molecule has 2 N–H and O–H groups in total. The molecule has 0 bridgehead atoms. The summed E-state index contributed by atoms with van der Waals surface area (Å²) >= 11 is 0. The summed E-state index contributed by atoms with van der Waals surface area (Å²) in [5.41, 5.74) is 2.87. The number of hydrogen-bond acceptors (Lipinski definition) is 3. The van der Waals surface area contributed by atoms with E-state index in [1.807, 2.05) is 31.5 Å². The summed E-state index contributed by atoms with van der Waals surface area (Å²) in [6, 6.07) is 3.94. The van der Waals surface area contributed by atoms with Crippen molar-refractivity contribution in [2.45, 2.75) is 26.7 Å². The SMILES string of the molecule is Cc1cc(-c2cc[nH]c2)nc(C(CO)C(C)C)n1. The number of rotatable bonds is 4. The highest BCUT2D eigenvalue weighted by Crippen LogP contribution is 2.24. The van der Waals surface area contributed by atoms with Gasteiger partial charge < -0.3 is 10.1 Å². The van der Waals surface area contributed by atoms with Gasteiger partial charge in [0.05, 0.1) is 12.3 Å². The molecule has 2 heterocycles. The zero-order valence-corrected chi connectivity index (χ0v) is 11.0. The summed E-state index contributed by atoms with van der Waals surface area (Å²) in [5, 5.41) is 9.48. The van der Waals surface area contributed by atoms with E-state index in [0.29, 0.717) is 5.92 Å². The highest BCUT2D eigenvalue weighted by molar-refractivity contribution is 5.58. The Morgan fingerprint density at radius 1 is 1.33 bits per heavy atom. The standard InChI is InChI=1S/C14H19N3O/c1-9(2)12(8-18)14-16-10(3)6-13(17-14)11-4-5-15-7-11/h4-7,9,12,15,18H,8H2,1-3H3. The Kier molecular flexibility index (Phi) is 3.77. The Hall–Kier alpha value is -1.68. The van der Waals surface area contributed by atoms with Gasteiger partial charge in [-0.2, -0.15) is 0 Å². The Bertz CT molecular complexity index is 506. The molecule has 2 rings (SSSR count). The zero-order chi connectivity index (χ0) is 13.1. The maximum atomic E-state index is 9.48. The second kappa shape index (κ2) is 5.31. The number of H-pyrrole nitrogens is 1. The lowest BCUT2D eigenvalue weighted by Gasteiger charge is -2.17. The van der Waals surface area contributed by atoms with Crippen LogP contribution < -0.4 is 0 Å². The van der Waals surface area contributed by atoms with Crippen molar-refractivity contribution >= 4 is 0 Å². The van der Waals surface area contributed by atoms with Gasteiger partial charge in [-0.1, -0.05) is 13.8 Å². The van der Waals surface area contributed by atoms with E-state index in [0.717, 1.165) is 22.8 Å². The van der Waals surface area contributed by atoms with Crippen molar-refractivity contribution in [3.63, 3.8) is 0 Å². The first-order valence-electron chi connectivity index (χ1n) is 6.21. The molecule has 0 aliphatic carbocycles. The number of aliphatic hydroxyl groups excluding tert-OH is 1. The van der Waals surface area contributed by atoms with Crippen molar-refractivity contribution in [2.24, 2.45) is 5.92 Å². The molecule has 2 aromatic heterocycles. The number of aryl methyl sites for hydroxylation is 1. The molecule has 0 saturated carbocycles. The molecule has 1 unspecified atom stereocenters. The van der Waals surface area contributed by atoms with Crippen molar-refractivity contribution in [3.05, 3.63) is 36.0 Å². The third-order valence-electron chi connectivity index (χ3n) is 3.10. The molecule has 96 valence electrons. The van der Waals surface area contributed by atoms with Gasteiger partial charge in [-0.3, -0.25) is 0 Å². The first-order valence-corrected chi connectivity index (χ1v) is 6.21. The molecule has 0 amide bonds. The largest absolute Gasteiger partial charge is 0.396 e. The summed E-state index contributed by atoms with van der Waals surface area (Å²) in [4.78, 5) is 12.1. The Balaban J connectivity index is 2.44. The minimum absolute atomic E-state index is 0.0115. The maximum absolute atomic E-state index is 9.48. The number of aromatic nitrogens is 3. The van der Waals surface area contributed by atoms with E-state index in [1.54, 1.807) is 0 Å². The summed E-state index contributed by atoms with van der Waals surface area (Å²) in [7, 11) is 0. The van der Waals surface area contributed by atoms with E-state index < -0.39 is 0 Å². The van der Waals surface area contributed by atoms with Gasteiger partial charge in [0, 0.05) is 29.6 Å². The maximum Gasteiger partial charge on any atom is 0.134 e. The average Bonchev–Trinajstić information content (AvgIpc) is 2.82. The average molecular weight is 245 g/mol. The monoisotopic (exact) mass is 245 g/mol. The van der Waals surface area contributed by atoms with Crippen molar-refractivity contribution in [1.82, 2.24) is 15.0 Å². The predicted octanol–water partition coefficient (Wildman–Crippen LogP) is 2.51. The molecule has 4 heteroatoms. The van der Waals surface area contributed by atoms with E-state index in [-0.39, 0.29) is 12.5 Å². The number of nitrogens with one attached hydrogen (secondary N) is 1. The van der Waals surface area contributed by atoms with Gasteiger partial charge in [0.25, 0.3) is 0 Å². The van der Waals surface area contributed by atoms with Crippen LogP contribution in [0.2, 0.25) is 0 Å². The lowest BCUT2D eigenvalue weighted by atomic mass is 9.95. The van der Waals surface area contributed by atoms with Crippen LogP contribution in [0.4, 0.5) is 0 Å². The van der Waals surface area contributed by atoms with Gasteiger partial charge in [0.2, 0.25) is 0 Å². The Morgan fingerprint density at radius 3 is 2.67 bits per heavy atom. The van der Waals surface area contributed by atoms with Gasteiger partial charge >= 0.3 is 0 Å². The van der Waals surface area contributed by atoms with Gasteiger partial charge in [-0.25, -0.2) is 9.97 Å². The van der Waals surface area contributed by atoms with E-state index in [1.165, 1.54) is 0 Å². The molecular formula is C14H19N3O. The molecule has 4 nitrogen and oxygen atoms in total. The van der Waals surface area contributed by atoms with E-state index in [4.69, 9.17) is 0 Å². The van der Waals surface area contributed by atoms with Crippen LogP contribution in [0.15, 0.2) is 24.5 Å². The van der Waals surface area contributed by atoms with Crippen molar-refractivity contribution in [1.29, 1.82) is 0 Å². The van der Waals surface area contributed by atoms with E-state index in [9.17, 15) is 5.11 Å². The quantitative estimate of drug-likeness (QED) is 0.870. The van der Waals surface area contributed by atoms with Crippen LogP contribution in [0.3, 0.4) is 0 Å². The topological polar surface area (TPSA) is 61.8 Å². The van der Waals surface area contributed by atoms with E-state index in [2.05, 4.69) is 28.8 Å². The Labute approximate surface area is 107 Å². The molecule has 0 radical (unpaired) electrons. The first kappa shape index (κ1) is 12.8. The minimum Gasteiger partial charge on any atom is -0.396 e. The van der Waals surface area contributed by atoms with Gasteiger partial charge in [0.15, 0.2) is 0 Å². The molecule has 0 aromatic carbocycles. The molecule has 0 aliphatic rings. The third-order valence-corrected chi connectivity index (χ3v) is 3.10. The first-order chi connectivity index (χ1) is 8.61. The Morgan fingerprint density at radius 2 is 2.11 bits per heavy atom. The molecule has 18 heavy (non-hydrogen) atoms. The number of hydrogen-bond donors (Lipinski definition) is 2. The van der Waals surface area contributed by atoms with Crippen LogP contribution in [0.1, 0.15) is 31.3 Å².